The van der Waals surface area contributed by atoms with Gasteiger partial charge in [0.25, 0.3) is 0 Å². The molecule has 1 heterocycles. The quantitative estimate of drug-likeness (QED) is 0.838. The fourth-order valence-electron chi connectivity index (χ4n) is 2.94. The Kier molecular flexibility index (Phi) is 5.88. The Balaban J connectivity index is 1.98. The highest BCUT2D eigenvalue weighted by molar-refractivity contribution is 5.39. The topological polar surface area (TPSA) is 35.9 Å². The van der Waals surface area contributed by atoms with Crippen LogP contribution in [0.1, 0.15) is 31.7 Å². The van der Waals surface area contributed by atoms with E-state index in [1.807, 2.05) is 12.1 Å². The van der Waals surface area contributed by atoms with Crippen LogP contribution in [0, 0.1) is 0 Å². The zero-order valence-corrected chi connectivity index (χ0v) is 13.5. The standard InChI is InChI=1S/C17H28N2O2/c1-4-10-21-16-8-7-14(17(20)11-16)12-19-9-5-6-15(19)13-18(2)3/h7-8,11,15,20H,4-6,9-10,12-13H2,1-3H3. The zero-order valence-electron chi connectivity index (χ0n) is 13.5. The van der Waals surface area contributed by atoms with E-state index in [1.54, 1.807) is 6.07 Å². The van der Waals surface area contributed by atoms with E-state index in [-0.39, 0.29) is 0 Å². The van der Waals surface area contributed by atoms with Crippen molar-refractivity contribution in [3.63, 3.8) is 0 Å². The third kappa shape index (κ3) is 4.61. The van der Waals surface area contributed by atoms with Gasteiger partial charge >= 0.3 is 0 Å². The number of phenols is 1. The second kappa shape index (κ2) is 7.66. The largest absolute Gasteiger partial charge is 0.507 e. The molecule has 1 N–H and O–H groups in total. The molecule has 1 aromatic carbocycles. The van der Waals surface area contributed by atoms with Crippen LogP contribution in [0.3, 0.4) is 0 Å². The van der Waals surface area contributed by atoms with Crippen molar-refractivity contribution in [2.75, 3.05) is 33.8 Å². The van der Waals surface area contributed by atoms with Crippen molar-refractivity contribution in [3.05, 3.63) is 23.8 Å². The third-order valence-corrected chi connectivity index (χ3v) is 3.98. The summed E-state index contributed by atoms with van der Waals surface area (Å²) in [6.45, 7) is 5.78. The summed E-state index contributed by atoms with van der Waals surface area (Å²) in [5, 5.41) is 10.2. The summed E-state index contributed by atoms with van der Waals surface area (Å²) in [5.41, 5.74) is 0.990. The summed E-state index contributed by atoms with van der Waals surface area (Å²) in [7, 11) is 4.24. The molecule has 21 heavy (non-hydrogen) atoms. The van der Waals surface area contributed by atoms with Gasteiger partial charge in [-0.25, -0.2) is 0 Å². The number of rotatable bonds is 7. The zero-order chi connectivity index (χ0) is 15.2. The van der Waals surface area contributed by atoms with Crippen molar-refractivity contribution in [1.29, 1.82) is 0 Å². The molecule has 0 bridgehead atoms. The lowest BCUT2D eigenvalue weighted by atomic mass is 10.1. The molecular weight excluding hydrogens is 264 g/mol. The van der Waals surface area contributed by atoms with Crippen LogP contribution in [0.15, 0.2) is 18.2 Å². The number of likely N-dealkylation sites (N-methyl/N-ethyl adjacent to an activating group) is 1. The molecule has 1 atom stereocenters. The van der Waals surface area contributed by atoms with E-state index >= 15 is 0 Å². The third-order valence-electron chi connectivity index (χ3n) is 3.98. The molecule has 1 saturated heterocycles. The lowest BCUT2D eigenvalue weighted by molar-refractivity contribution is 0.199. The Morgan fingerprint density at radius 3 is 2.86 bits per heavy atom. The van der Waals surface area contributed by atoms with Crippen LogP contribution in [-0.4, -0.2) is 54.7 Å². The Hall–Kier alpha value is -1.26. The van der Waals surface area contributed by atoms with E-state index < -0.39 is 0 Å². The summed E-state index contributed by atoms with van der Waals surface area (Å²) in [6, 6.07) is 6.28. The van der Waals surface area contributed by atoms with Gasteiger partial charge in [-0.05, 0) is 46.0 Å². The lowest BCUT2D eigenvalue weighted by Gasteiger charge is -2.27. The van der Waals surface area contributed by atoms with Crippen molar-refractivity contribution in [2.45, 2.75) is 38.8 Å². The van der Waals surface area contributed by atoms with E-state index in [4.69, 9.17) is 4.74 Å². The summed E-state index contributed by atoms with van der Waals surface area (Å²) in [6.07, 6.45) is 3.47. The van der Waals surface area contributed by atoms with Crippen molar-refractivity contribution in [1.82, 2.24) is 9.80 Å². The number of nitrogens with zero attached hydrogens (tertiary/aromatic N) is 2. The number of aromatic hydroxyl groups is 1. The van der Waals surface area contributed by atoms with Crippen LogP contribution in [0.25, 0.3) is 0 Å². The van der Waals surface area contributed by atoms with Gasteiger partial charge in [-0.3, -0.25) is 4.90 Å². The van der Waals surface area contributed by atoms with Crippen molar-refractivity contribution in [2.24, 2.45) is 0 Å². The molecule has 0 saturated carbocycles. The molecule has 1 unspecified atom stereocenters. The predicted molar refractivity (Wildman–Crippen MR) is 85.9 cm³/mol. The molecule has 1 aliphatic rings. The minimum absolute atomic E-state index is 0.346. The minimum Gasteiger partial charge on any atom is -0.507 e. The van der Waals surface area contributed by atoms with Gasteiger partial charge < -0.3 is 14.7 Å². The minimum atomic E-state index is 0.346. The monoisotopic (exact) mass is 292 g/mol. The summed E-state index contributed by atoms with van der Waals surface area (Å²) in [5.74, 6) is 1.10. The van der Waals surface area contributed by atoms with Crippen LogP contribution < -0.4 is 4.74 Å². The highest BCUT2D eigenvalue weighted by Crippen LogP contribution is 2.28. The number of benzene rings is 1. The first-order chi connectivity index (χ1) is 10.1. The van der Waals surface area contributed by atoms with Crippen LogP contribution in [0.4, 0.5) is 0 Å². The molecule has 1 aromatic rings. The van der Waals surface area contributed by atoms with E-state index in [0.717, 1.165) is 37.4 Å². The number of phenolic OH excluding ortho intramolecular Hbond substituents is 1. The molecule has 1 aliphatic heterocycles. The average molecular weight is 292 g/mol. The Morgan fingerprint density at radius 2 is 2.19 bits per heavy atom. The second-order valence-corrected chi connectivity index (χ2v) is 6.17. The van der Waals surface area contributed by atoms with Gasteiger partial charge in [-0.1, -0.05) is 13.0 Å². The van der Waals surface area contributed by atoms with Gasteiger partial charge in [0.1, 0.15) is 11.5 Å². The highest BCUT2D eigenvalue weighted by atomic mass is 16.5. The maximum atomic E-state index is 10.2. The van der Waals surface area contributed by atoms with Crippen LogP contribution >= 0.6 is 0 Å². The van der Waals surface area contributed by atoms with Crippen LogP contribution in [-0.2, 0) is 6.54 Å². The fraction of sp³-hybridized carbons (Fsp3) is 0.647. The van der Waals surface area contributed by atoms with E-state index in [9.17, 15) is 5.11 Å². The highest BCUT2D eigenvalue weighted by Gasteiger charge is 2.25. The summed E-state index contributed by atoms with van der Waals surface area (Å²) in [4.78, 5) is 4.71. The Morgan fingerprint density at radius 1 is 1.38 bits per heavy atom. The first-order valence-corrected chi connectivity index (χ1v) is 7.93. The first kappa shape index (κ1) is 16.1. The van der Waals surface area contributed by atoms with Gasteiger partial charge in [-0.15, -0.1) is 0 Å². The van der Waals surface area contributed by atoms with Crippen molar-refractivity contribution in [3.8, 4) is 11.5 Å². The molecule has 2 rings (SSSR count). The number of likely N-dealkylation sites (tertiary alicyclic amines) is 1. The van der Waals surface area contributed by atoms with E-state index in [2.05, 4.69) is 30.8 Å². The SMILES string of the molecule is CCCOc1ccc(CN2CCCC2CN(C)C)c(O)c1. The fourth-order valence-corrected chi connectivity index (χ4v) is 2.94. The lowest BCUT2D eigenvalue weighted by Crippen LogP contribution is -2.37. The Bertz CT molecular complexity index is 448. The molecule has 0 aliphatic carbocycles. The molecule has 0 spiro atoms. The molecule has 1 fully saturated rings. The molecule has 4 heteroatoms. The molecule has 4 nitrogen and oxygen atoms in total. The van der Waals surface area contributed by atoms with Gasteiger partial charge in [0.15, 0.2) is 0 Å². The normalized spacial score (nSPS) is 19.3. The average Bonchev–Trinajstić information content (AvgIpc) is 2.85. The number of ether oxygens (including phenoxy) is 1. The van der Waals surface area contributed by atoms with Gasteiger partial charge in [0.05, 0.1) is 6.61 Å². The number of hydrogen-bond donors (Lipinski definition) is 1. The van der Waals surface area contributed by atoms with Gasteiger partial charge in [-0.2, -0.15) is 0 Å². The molecule has 0 radical (unpaired) electrons. The number of hydrogen-bond acceptors (Lipinski definition) is 4. The molecule has 0 aromatic heterocycles. The summed E-state index contributed by atoms with van der Waals surface area (Å²) < 4.78 is 5.55. The van der Waals surface area contributed by atoms with Gasteiger partial charge in [0, 0.05) is 30.8 Å². The van der Waals surface area contributed by atoms with Gasteiger partial charge in [0.2, 0.25) is 0 Å². The second-order valence-electron chi connectivity index (χ2n) is 6.17. The Labute approximate surface area is 128 Å². The molecule has 118 valence electrons. The van der Waals surface area contributed by atoms with Crippen molar-refractivity contribution >= 4 is 0 Å². The molecular formula is C17H28N2O2. The maximum Gasteiger partial charge on any atom is 0.123 e. The first-order valence-electron chi connectivity index (χ1n) is 7.93. The van der Waals surface area contributed by atoms with E-state index in [1.165, 1.54) is 12.8 Å². The smallest absolute Gasteiger partial charge is 0.123 e. The summed E-state index contributed by atoms with van der Waals surface area (Å²) >= 11 is 0. The van der Waals surface area contributed by atoms with Crippen LogP contribution in [0.2, 0.25) is 0 Å². The van der Waals surface area contributed by atoms with Crippen molar-refractivity contribution < 1.29 is 9.84 Å². The van der Waals surface area contributed by atoms with Crippen LogP contribution in [0.5, 0.6) is 11.5 Å². The molecule has 0 amide bonds. The predicted octanol–water partition coefficient (Wildman–Crippen LogP) is 2.71. The van der Waals surface area contributed by atoms with E-state index in [0.29, 0.717) is 18.4 Å². The maximum absolute atomic E-state index is 10.2.